The maximum Gasteiger partial charge on any atom is 0.0481 e. The summed E-state index contributed by atoms with van der Waals surface area (Å²) in [7, 11) is 2.08. The zero-order valence-electron chi connectivity index (χ0n) is 11.0. The lowest BCUT2D eigenvalue weighted by Crippen LogP contribution is -2.35. The lowest BCUT2D eigenvalue weighted by Gasteiger charge is -2.33. The van der Waals surface area contributed by atoms with E-state index in [4.69, 9.17) is 0 Å². The first-order chi connectivity index (χ1) is 8.36. The average Bonchev–Trinajstić information content (AvgIpc) is 2.78. The Balaban J connectivity index is 2.22. The molecule has 1 aliphatic heterocycles. The Labute approximate surface area is 109 Å². The van der Waals surface area contributed by atoms with Crippen molar-refractivity contribution in [1.82, 2.24) is 10.2 Å². The number of rotatable bonds is 4. The third-order valence-corrected chi connectivity index (χ3v) is 4.76. The molecule has 1 fully saturated rings. The highest BCUT2D eigenvalue weighted by molar-refractivity contribution is 7.10. The standard InChI is InChI=1S/C14H24N2S/c1-3-16-9-5-4-7-12(11-15-2)14(16)13-8-6-10-17-13/h6,8,10,12,14-15H,3-5,7,9,11H2,1-2H3. The lowest BCUT2D eigenvalue weighted by atomic mass is 9.93. The molecule has 96 valence electrons. The summed E-state index contributed by atoms with van der Waals surface area (Å²) in [4.78, 5) is 4.22. The van der Waals surface area contributed by atoms with Crippen LogP contribution in [0, 0.1) is 5.92 Å². The predicted octanol–water partition coefficient (Wildman–Crippen LogP) is 3.13. The smallest absolute Gasteiger partial charge is 0.0481 e. The molecule has 0 aromatic carbocycles. The van der Waals surface area contributed by atoms with E-state index in [9.17, 15) is 0 Å². The summed E-state index contributed by atoms with van der Waals surface area (Å²) in [5.74, 6) is 0.765. The number of nitrogens with zero attached hydrogens (tertiary/aromatic N) is 1. The first-order valence-electron chi connectivity index (χ1n) is 6.78. The van der Waals surface area contributed by atoms with Gasteiger partial charge in [-0.2, -0.15) is 0 Å². The minimum absolute atomic E-state index is 0.634. The highest BCUT2D eigenvalue weighted by Crippen LogP contribution is 2.36. The van der Waals surface area contributed by atoms with Gasteiger partial charge in [0.25, 0.3) is 0 Å². The largest absolute Gasteiger partial charge is 0.319 e. The van der Waals surface area contributed by atoms with Crippen LogP contribution < -0.4 is 5.32 Å². The molecule has 1 aromatic rings. The Morgan fingerprint density at radius 2 is 2.35 bits per heavy atom. The van der Waals surface area contributed by atoms with Gasteiger partial charge in [0.15, 0.2) is 0 Å². The zero-order valence-corrected chi connectivity index (χ0v) is 11.8. The van der Waals surface area contributed by atoms with Crippen LogP contribution in [0.5, 0.6) is 0 Å². The highest BCUT2D eigenvalue weighted by atomic mass is 32.1. The van der Waals surface area contributed by atoms with Crippen molar-refractivity contribution in [3.8, 4) is 0 Å². The second-order valence-corrected chi connectivity index (χ2v) is 5.88. The molecule has 0 spiro atoms. The van der Waals surface area contributed by atoms with E-state index < -0.39 is 0 Å². The SMILES string of the molecule is CCN1CCCCC(CNC)C1c1cccs1. The van der Waals surface area contributed by atoms with E-state index in [1.807, 2.05) is 11.3 Å². The quantitative estimate of drug-likeness (QED) is 0.885. The van der Waals surface area contributed by atoms with E-state index >= 15 is 0 Å². The molecule has 2 rings (SSSR count). The Morgan fingerprint density at radius 3 is 3.00 bits per heavy atom. The molecule has 0 amide bonds. The Bertz CT molecular complexity index is 310. The summed E-state index contributed by atoms with van der Waals surface area (Å²) >= 11 is 1.92. The second kappa shape index (κ2) is 6.53. The minimum Gasteiger partial charge on any atom is -0.319 e. The van der Waals surface area contributed by atoms with Gasteiger partial charge in [-0.05, 0) is 56.9 Å². The molecule has 1 N–H and O–H groups in total. The van der Waals surface area contributed by atoms with E-state index in [1.165, 1.54) is 32.4 Å². The number of nitrogens with one attached hydrogen (secondary N) is 1. The van der Waals surface area contributed by atoms with Crippen molar-refractivity contribution in [1.29, 1.82) is 0 Å². The molecular formula is C14H24N2S. The van der Waals surface area contributed by atoms with Crippen molar-refractivity contribution < 1.29 is 0 Å². The number of thiophene rings is 1. The number of hydrogen-bond donors (Lipinski definition) is 1. The molecule has 0 bridgehead atoms. The lowest BCUT2D eigenvalue weighted by molar-refractivity contribution is 0.165. The van der Waals surface area contributed by atoms with E-state index in [-0.39, 0.29) is 0 Å². The fourth-order valence-corrected chi connectivity index (χ4v) is 3.97. The van der Waals surface area contributed by atoms with Crippen LogP contribution in [0.1, 0.15) is 37.1 Å². The number of hydrogen-bond acceptors (Lipinski definition) is 3. The molecule has 1 aromatic heterocycles. The molecule has 17 heavy (non-hydrogen) atoms. The van der Waals surface area contributed by atoms with Crippen LogP contribution in [0.4, 0.5) is 0 Å². The van der Waals surface area contributed by atoms with Crippen LogP contribution >= 0.6 is 11.3 Å². The summed E-state index contributed by atoms with van der Waals surface area (Å²) in [5.41, 5.74) is 0. The second-order valence-electron chi connectivity index (χ2n) is 4.90. The molecule has 3 heteroatoms. The molecule has 2 atom stereocenters. The van der Waals surface area contributed by atoms with Crippen LogP contribution in [0.3, 0.4) is 0 Å². The molecule has 1 saturated heterocycles. The van der Waals surface area contributed by atoms with Gasteiger partial charge >= 0.3 is 0 Å². The molecular weight excluding hydrogens is 228 g/mol. The Hall–Kier alpha value is -0.380. The van der Waals surface area contributed by atoms with Crippen molar-refractivity contribution in [3.63, 3.8) is 0 Å². The minimum atomic E-state index is 0.634. The van der Waals surface area contributed by atoms with E-state index in [1.54, 1.807) is 4.88 Å². The highest BCUT2D eigenvalue weighted by Gasteiger charge is 2.30. The van der Waals surface area contributed by atoms with Gasteiger partial charge in [-0.3, -0.25) is 4.90 Å². The molecule has 0 radical (unpaired) electrons. The van der Waals surface area contributed by atoms with Gasteiger partial charge in [0.1, 0.15) is 0 Å². The van der Waals surface area contributed by atoms with Gasteiger partial charge in [-0.25, -0.2) is 0 Å². The summed E-state index contributed by atoms with van der Waals surface area (Å²) in [6, 6.07) is 5.14. The van der Waals surface area contributed by atoms with Crippen LogP contribution in [0.25, 0.3) is 0 Å². The van der Waals surface area contributed by atoms with Gasteiger partial charge in [-0.15, -0.1) is 11.3 Å². The maximum atomic E-state index is 3.38. The monoisotopic (exact) mass is 252 g/mol. The summed E-state index contributed by atoms with van der Waals surface area (Å²) in [6.45, 7) is 5.86. The molecule has 1 aliphatic rings. The van der Waals surface area contributed by atoms with Gasteiger partial charge in [0.05, 0.1) is 0 Å². The Morgan fingerprint density at radius 1 is 1.47 bits per heavy atom. The summed E-state index contributed by atoms with van der Waals surface area (Å²) < 4.78 is 0. The van der Waals surface area contributed by atoms with Crippen LogP contribution in [-0.4, -0.2) is 31.6 Å². The molecule has 2 unspecified atom stereocenters. The van der Waals surface area contributed by atoms with Crippen LogP contribution in [0.2, 0.25) is 0 Å². The number of likely N-dealkylation sites (tertiary alicyclic amines) is 1. The van der Waals surface area contributed by atoms with E-state index in [0.717, 1.165) is 12.5 Å². The van der Waals surface area contributed by atoms with Crippen LogP contribution in [0.15, 0.2) is 17.5 Å². The molecule has 0 saturated carbocycles. The van der Waals surface area contributed by atoms with Crippen molar-refractivity contribution in [2.75, 3.05) is 26.7 Å². The van der Waals surface area contributed by atoms with Crippen molar-refractivity contribution in [3.05, 3.63) is 22.4 Å². The first kappa shape index (κ1) is 13.1. The van der Waals surface area contributed by atoms with Gasteiger partial charge in [-0.1, -0.05) is 19.4 Å². The Kier molecular flexibility index (Phi) is 5.01. The first-order valence-corrected chi connectivity index (χ1v) is 7.66. The molecule has 0 aliphatic carbocycles. The van der Waals surface area contributed by atoms with Gasteiger partial charge < -0.3 is 5.32 Å². The molecule has 2 nitrogen and oxygen atoms in total. The maximum absolute atomic E-state index is 3.38. The third-order valence-electron chi connectivity index (χ3n) is 3.82. The van der Waals surface area contributed by atoms with Gasteiger partial charge in [0.2, 0.25) is 0 Å². The fourth-order valence-electron chi connectivity index (χ4n) is 3.02. The van der Waals surface area contributed by atoms with Crippen LogP contribution in [-0.2, 0) is 0 Å². The summed E-state index contributed by atoms with van der Waals surface area (Å²) in [6.07, 6.45) is 4.10. The van der Waals surface area contributed by atoms with E-state index in [0.29, 0.717) is 6.04 Å². The third kappa shape index (κ3) is 3.09. The molecule has 2 heterocycles. The van der Waals surface area contributed by atoms with Crippen molar-refractivity contribution in [2.45, 2.75) is 32.2 Å². The van der Waals surface area contributed by atoms with E-state index in [2.05, 4.69) is 41.7 Å². The predicted molar refractivity (Wildman–Crippen MR) is 75.6 cm³/mol. The topological polar surface area (TPSA) is 15.3 Å². The normalized spacial score (nSPS) is 26.9. The van der Waals surface area contributed by atoms with Crippen molar-refractivity contribution >= 4 is 11.3 Å². The fraction of sp³-hybridized carbons (Fsp3) is 0.714. The van der Waals surface area contributed by atoms with Crippen molar-refractivity contribution in [2.24, 2.45) is 5.92 Å². The summed E-state index contributed by atoms with van der Waals surface area (Å²) in [5, 5.41) is 5.59. The zero-order chi connectivity index (χ0) is 12.1. The van der Waals surface area contributed by atoms with Gasteiger partial charge in [0, 0.05) is 10.9 Å². The average molecular weight is 252 g/mol.